The highest BCUT2D eigenvalue weighted by molar-refractivity contribution is 7.13. The number of benzene rings is 1. The summed E-state index contributed by atoms with van der Waals surface area (Å²) in [5.41, 5.74) is -0.239. The van der Waals surface area contributed by atoms with Gasteiger partial charge in [0.25, 0.3) is 6.01 Å². The topological polar surface area (TPSA) is 80.9 Å². The molecule has 36 heavy (non-hydrogen) atoms. The minimum absolute atomic E-state index is 0.100. The Kier molecular flexibility index (Phi) is 6.22. The fourth-order valence-electron chi connectivity index (χ4n) is 4.76. The van der Waals surface area contributed by atoms with E-state index in [2.05, 4.69) is 14.7 Å². The molecule has 0 spiro atoms. The van der Waals surface area contributed by atoms with Crippen molar-refractivity contribution in [3.05, 3.63) is 22.7 Å². The molecule has 0 saturated carbocycles. The lowest BCUT2D eigenvalue weighted by Gasteiger charge is -2.49. The fourth-order valence-corrected chi connectivity index (χ4v) is 5.64. The number of hydrogen-bond acceptors (Lipinski definition) is 8. The molecule has 2 aromatic heterocycles. The van der Waals surface area contributed by atoms with E-state index in [0.717, 1.165) is 19.3 Å². The molecule has 194 valence electrons. The minimum Gasteiger partial charge on any atom is -0.444 e. The highest BCUT2D eigenvalue weighted by Crippen LogP contribution is 2.44. The Morgan fingerprint density at radius 3 is 2.50 bits per heavy atom. The second kappa shape index (κ2) is 8.98. The summed E-state index contributed by atoms with van der Waals surface area (Å²) in [6, 6.07) is 1.19. The Morgan fingerprint density at radius 1 is 1.22 bits per heavy atom. The highest BCUT2D eigenvalue weighted by atomic mass is 35.5. The largest absolute Gasteiger partial charge is 0.573 e. The van der Waals surface area contributed by atoms with E-state index in [1.807, 2.05) is 25.7 Å². The summed E-state index contributed by atoms with van der Waals surface area (Å²) >= 11 is 7.50. The molecule has 2 fully saturated rings. The summed E-state index contributed by atoms with van der Waals surface area (Å²) in [6.45, 7) is 6.26. The summed E-state index contributed by atoms with van der Waals surface area (Å²) in [5.74, 6) is -0.623. The van der Waals surface area contributed by atoms with E-state index in [4.69, 9.17) is 20.8 Å². The first-order valence-electron chi connectivity index (χ1n) is 11.4. The number of rotatable bonds is 3. The van der Waals surface area contributed by atoms with Gasteiger partial charge in [-0.2, -0.15) is 4.98 Å². The van der Waals surface area contributed by atoms with Crippen LogP contribution >= 0.6 is 22.9 Å². The second-order valence-electron chi connectivity index (χ2n) is 9.83. The van der Waals surface area contributed by atoms with E-state index in [1.54, 1.807) is 16.5 Å². The van der Waals surface area contributed by atoms with Gasteiger partial charge >= 0.3 is 12.5 Å². The molecule has 0 aliphatic carbocycles. The van der Waals surface area contributed by atoms with Crippen LogP contribution in [-0.2, 0) is 4.74 Å². The number of amides is 1. The normalized spacial score (nSPS) is 20.6. The number of aromatic nitrogens is 2. The number of carbonyl (C=O) groups excluding carboxylic acids is 1. The van der Waals surface area contributed by atoms with Gasteiger partial charge in [-0.1, -0.05) is 11.6 Å². The Bertz CT molecular complexity index is 1260. The quantitative estimate of drug-likeness (QED) is 0.373. The number of ether oxygens (including phenoxy) is 2. The van der Waals surface area contributed by atoms with Crippen molar-refractivity contribution in [2.24, 2.45) is 0 Å². The number of piperidine rings is 1. The molecule has 4 heterocycles. The molecule has 2 aliphatic rings. The molecule has 0 N–H and O–H groups in total. The molecular weight excluding hydrogens is 521 g/mol. The van der Waals surface area contributed by atoms with Crippen LogP contribution < -0.4 is 9.64 Å². The van der Waals surface area contributed by atoms with E-state index in [0.29, 0.717) is 23.7 Å². The molecule has 2 bridgehead atoms. The Hall–Kier alpha value is -2.73. The molecule has 2 saturated heterocycles. The molecule has 1 aromatic carbocycles. The van der Waals surface area contributed by atoms with E-state index >= 15 is 0 Å². The summed E-state index contributed by atoms with van der Waals surface area (Å²) in [4.78, 5) is 25.2. The van der Waals surface area contributed by atoms with Crippen molar-refractivity contribution in [1.29, 1.82) is 0 Å². The highest BCUT2D eigenvalue weighted by Gasteiger charge is 2.43. The average molecular weight is 545 g/mol. The summed E-state index contributed by atoms with van der Waals surface area (Å²) in [5, 5.41) is 2.01. The first kappa shape index (κ1) is 24.9. The zero-order valence-corrected chi connectivity index (χ0v) is 21.3. The number of piperazine rings is 1. The van der Waals surface area contributed by atoms with Gasteiger partial charge in [-0.3, -0.25) is 4.90 Å². The van der Waals surface area contributed by atoms with Crippen molar-refractivity contribution in [3.63, 3.8) is 0 Å². The molecule has 5 rings (SSSR count). The lowest BCUT2D eigenvalue weighted by atomic mass is 9.92. The number of thiazole rings is 1. The molecule has 0 radical (unpaired) electrons. The van der Waals surface area contributed by atoms with Gasteiger partial charge in [0, 0.05) is 24.7 Å². The van der Waals surface area contributed by atoms with Crippen molar-refractivity contribution in [2.75, 3.05) is 18.0 Å². The first-order valence-corrected chi connectivity index (χ1v) is 12.7. The second-order valence-corrected chi connectivity index (χ2v) is 11.1. The van der Waals surface area contributed by atoms with Gasteiger partial charge in [0.2, 0.25) is 0 Å². The van der Waals surface area contributed by atoms with Crippen LogP contribution in [0, 0.1) is 0 Å². The van der Waals surface area contributed by atoms with Crippen LogP contribution in [0.25, 0.3) is 21.7 Å². The molecular formula is C23H24ClF3N4O4S. The van der Waals surface area contributed by atoms with Crippen LogP contribution in [-0.4, -0.2) is 58.1 Å². The molecule has 1 amide bonds. The minimum atomic E-state index is -4.96. The predicted molar refractivity (Wildman–Crippen MR) is 129 cm³/mol. The zero-order valence-electron chi connectivity index (χ0n) is 19.8. The number of hydrogen-bond donors (Lipinski definition) is 0. The molecule has 8 nitrogen and oxygen atoms in total. The summed E-state index contributed by atoms with van der Waals surface area (Å²) in [7, 11) is 0. The van der Waals surface area contributed by atoms with Crippen LogP contribution in [0.4, 0.5) is 24.0 Å². The molecule has 2 unspecified atom stereocenters. The van der Waals surface area contributed by atoms with Gasteiger partial charge in [-0.25, -0.2) is 9.78 Å². The zero-order chi connectivity index (χ0) is 25.8. The third kappa shape index (κ3) is 4.93. The number of fused-ring (bicyclic) bond motifs is 3. The standard InChI is InChI=1S/C23H24ClF3N4O4S/c1-22(2,3)35-21(32)31-12-5-4-6-13(31)11-30(10-12)20-29-16-17(33-20)14(19-28-7-8-36-19)9-15(24)18(16)34-23(25,26)27/h7-9,12-13H,4-6,10-11H2,1-3H3. The van der Waals surface area contributed by atoms with E-state index < -0.39 is 17.7 Å². The number of oxazole rings is 1. The molecule has 13 heteroatoms. The lowest BCUT2D eigenvalue weighted by molar-refractivity contribution is -0.274. The molecule has 3 aromatic rings. The third-order valence-corrected chi connectivity index (χ3v) is 7.13. The van der Waals surface area contributed by atoms with E-state index in [1.165, 1.54) is 17.4 Å². The molecule has 2 atom stereocenters. The number of halogens is 4. The SMILES string of the molecule is CC(C)(C)OC(=O)N1C2CCCC1CN(c1nc3c(OC(F)(F)F)c(Cl)cc(-c4nccs4)c3o1)C2. The van der Waals surface area contributed by atoms with Crippen molar-refractivity contribution in [3.8, 4) is 16.3 Å². The maximum atomic E-state index is 13.2. The Morgan fingerprint density at radius 2 is 1.92 bits per heavy atom. The van der Waals surface area contributed by atoms with Gasteiger partial charge in [-0.05, 0) is 46.1 Å². The predicted octanol–water partition coefficient (Wildman–Crippen LogP) is 6.48. The van der Waals surface area contributed by atoms with Gasteiger partial charge in [0.05, 0.1) is 22.7 Å². The number of alkyl halides is 3. The smallest absolute Gasteiger partial charge is 0.444 e. The monoisotopic (exact) mass is 544 g/mol. The van der Waals surface area contributed by atoms with Crippen molar-refractivity contribution in [1.82, 2.24) is 14.9 Å². The van der Waals surface area contributed by atoms with Crippen LogP contribution in [0.1, 0.15) is 40.0 Å². The van der Waals surface area contributed by atoms with Gasteiger partial charge in [-0.15, -0.1) is 24.5 Å². The Balaban J connectivity index is 1.52. The first-order chi connectivity index (χ1) is 16.9. The van der Waals surface area contributed by atoms with Gasteiger partial charge in [0.15, 0.2) is 16.8 Å². The van der Waals surface area contributed by atoms with Crippen molar-refractivity contribution < 1.29 is 31.9 Å². The maximum absolute atomic E-state index is 13.2. The average Bonchev–Trinajstić information content (AvgIpc) is 3.43. The number of anilines is 1. The fraction of sp³-hybridized carbons (Fsp3) is 0.522. The third-order valence-electron chi connectivity index (χ3n) is 6.04. The van der Waals surface area contributed by atoms with Gasteiger partial charge < -0.3 is 18.8 Å². The van der Waals surface area contributed by atoms with E-state index in [9.17, 15) is 18.0 Å². The number of carbonyl (C=O) groups is 1. The van der Waals surface area contributed by atoms with Crippen molar-refractivity contribution in [2.45, 2.75) is 64.1 Å². The maximum Gasteiger partial charge on any atom is 0.573 e. The summed E-state index contributed by atoms with van der Waals surface area (Å²) < 4.78 is 55.4. The van der Waals surface area contributed by atoms with Crippen LogP contribution in [0.5, 0.6) is 5.75 Å². The van der Waals surface area contributed by atoms with Crippen LogP contribution in [0.3, 0.4) is 0 Å². The lowest BCUT2D eigenvalue weighted by Crippen LogP contribution is -2.63. The number of nitrogens with zero attached hydrogens (tertiary/aromatic N) is 4. The van der Waals surface area contributed by atoms with E-state index in [-0.39, 0.29) is 40.3 Å². The van der Waals surface area contributed by atoms with Crippen LogP contribution in [0.2, 0.25) is 5.02 Å². The molecule has 2 aliphatic heterocycles. The van der Waals surface area contributed by atoms with Crippen molar-refractivity contribution >= 4 is 46.1 Å². The van der Waals surface area contributed by atoms with Gasteiger partial charge in [0.1, 0.15) is 10.6 Å². The summed E-state index contributed by atoms with van der Waals surface area (Å²) in [6.07, 6.45) is -1.25. The van der Waals surface area contributed by atoms with Crippen LogP contribution in [0.15, 0.2) is 22.1 Å². The Labute approximate surface area is 213 Å².